The number of rotatable bonds is 8. The Balaban J connectivity index is 2.57. The highest BCUT2D eigenvalue weighted by molar-refractivity contribution is 5.79. The smallest absolute Gasteiger partial charge is 0.410 e. The molecule has 0 spiro atoms. The van der Waals surface area contributed by atoms with Crippen LogP contribution in [0.15, 0.2) is 29.5 Å². The van der Waals surface area contributed by atoms with Gasteiger partial charge < -0.3 is 20.3 Å². The summed E-state index contributed by atoms with van der Waals surface area (Å²) >= 11 is 0. The average molecular weight is 378 g/mol. The summed E-state index contributed by atoms with van der Waals surface area (Å²) in [5.41, 5.74) is 0.455. The number of guanidine groups is 1. The normalized spacial score (nSPS) is 12.0. The molecule has 0 radical (unpaired) electrons. The first kappa shape index (κ1) is 22.7. The molecule has 152 valence electrons. The van der Waals surface area contributed by atoms with Crippen molar-refractivity contribution in [2.24, 2.45) is 10.9 Å². The van der Waals surface area contributed by atoms with E-state index in [0.29, 0.717) is 25.6 Å². The van der Waals surface area contributed by atoms with Gasteiger partial charge in [-0.15, -0.1) is 0 Å². The monoisotopic (exact) mass is 377 g/mol. The lowest BCUT2D eigenvalue weighted by molar-refractivity contribution is 0.0232. The lowest BCUT2D eigenvalue weighted by Gasteiger charge is -2.27. The molecule has 1 aromatic heterocycles. The standard InChI is InChI=1S/C20H35N5O2/c1-16(2)13-24-18(21-6)23-11-8-12-25(19(26)27-20(3,4)5)15-17-9-7-10-22-14-17/h7,9-10,14,16H,8,11-13,15H2,1-6H3,(H2,21,23,24). The maximum Gasteiger partial charge on any atom is 0.410 e. The van der Waals surface area contributed by atoms with Crippen LogP contribution in [0.3, 0.4) is 0 Å². The Labute approximate surface area is 163 Å². The van der Waals surface area contributed by atoms with E-state index in [0.717, 1.165) is 24.5 Å². The number of hydrogen-bond donors (Lipinski definition) is 2. The lowest BCUT2D eigenvalue weighted by atomic mass is 10.2. The average Bonchev–Trinajstić information content (AvgIpc) is 2.59. The van der Waals surface area contributed by atoms with Crippen molar-refractivity contribution in [3.05, 3.63) is 30.1 Å². The second-order valence-corrected chi connectivity index (χ2v) is 7.89. The fourth-order valence-corrected chi connectivity index (χ4v) is 2.27. The van der Waals surface area contributed by atoms with E-state index in [4.69, 9.17) is 4.74 Å². The maximum atomic E-state index is 12.6. The topological polar surface area (TPSA) is 78.9 Å². The van der Waals surface area contributed by atoms with Crippen LogP contribution in [-0.4, -0.2) is 54.2 Å². The molecule has 0 unspecified atom stereocenters. The highest BCUT2D eigenvalue weighted by Crippen LogP contribution is 2.12. The third kappa shape index (κ3) is 10.4. The number of pyridine rings is 1. The summed E-state index contributed by atoms with van der Waals surface area (Å²) in [6.45, 7) is 12.6. The van der Waals surface area contributed by atoms with Crippen LogP contribution >= 0.6 is 0 Å². The van der Waals surface area contributed by atoms with E-state index in [-0.39, 0.29) is 6.09 Å². The van der Waals surface area contributed by atoms with Crippen LogP contribution in [0.5, 0.6) is 0 Å². The van der Waals surface area contributed by atoms with Gasteiger partial charge in [-0.25, -0.2) is 4.79 Å². The van der Waals surface area contributed by atoms with Crippen molar-refractivity contribution >= 4 is 12.1 Å². The Morgan fingerprint density at radius 3 is 2.63 bits per heavy atom. The van der Waals surface area contributed by atoms with Crippen molar-refractivity contribution in [3.63, 3.8) is 0 Å². The zero-order valence-electron chi connectivity index (χ0n) is 17.6. The number of aromatic nitrogens is 1. The van der Waals surface area contributed by atoms with Crippen molar-refractivity contribution in [1.29, 1.82) is 0 Å². The Morgan fingerprint density at radius 1 is 1.33 bits per heavy atom. The van der Waals surface area contributed by atoms with Gasteiger partial charge in [0.15, 0.2) is 5.96 Å². The molecule has 0 atom stereocenters. The van der Waals surface area contributed by atoms with Gasteiger partial charge >= 0.3 is 6.09 Å². The first-order chi connectivity index (χ1) is 12.7. The molecule has 1 rings (SSSR count). The Bertz CT molecular complexity index is 582. The molecule has 27 heavy (non-hydrogen) atoms. The Kier molecular flexibility index (Phi) is 9.61. The minimum Gasteiger partial charge on any atom is -0.444 e. The van der Waals surface area contributed by atoms with E-state index >= 15 is 0 Å². The summed E-state index contributed by atoms with van der Waals surface area (Å²) in [4.78, 5) is 22.6. The second kappa shape index (κ2) is 11.4. The predicted molar refractivity (Wildman–Crippen MR) is 110 cm³/mol. The largest absolute Gasteiger partial charge is 0.444 e. The molecule has 0 aliphatic carbocycles. The molecule has 1 amide bonds. The molecule has 1 aromatic rings. The quantitative estimate of drug-likeness (QED) is 0.414. The summed E-state index contributed by atoms with van der Waals surface area (Å²) in [5.74, 6) is 1.32. The summed E-state index contributed by atoms with van der Waals surface area (Å²) in [6, 6.07) is 3.83. The summed E-state index contributed by atoms with van der Waals surface area (Å²) in [6.07, 6.45) is 3.96. The number of hydrogen-bond acceptors (Lipinski definition) is 4. The molecule has 0 aromatic carbocycles. The molecular weight excluding hydrogens is 342 g/mol. The predicted octanol–water partition coefficient (Wildman–Crippen LogP) is 3.03. The second-order valence-electron chi connectivity index (χ2n) is 7.89. The van der Waals surface area contributed by atoms with Crippen molar-refractivity contribution in [1.82, 2.24) is 20.5 Å². The third-order valence-corrected chi connectivity index (χ3v) is 3.55. The SMILES string of the molecule is CN=C(NCCCN(Cc1cccnc1)C(=O)OC(C)(C)C)NCC(C)C. The highest BCUT2D eigenvalue weighted by Gasteiger charge is 2.22. The van der Waals surface area contributed by atoms with Crippen LogP contribution in [0, 0.1) is 5.92 Å². The van der Waals surface area contributed by atoms with Gasteiger partial charge in [-0.05, 0) is 44.7 Å². The van der Waals surface area contributed by atoms with Gasteiger partial charge in [0.2, 0.25) is 0 Å². The van der Waals surface area contributed by atoms with Crippen LogP contribution in [-0.2, 0) is 11.3 Å². The third-order valence-electron chi connectivity index (χ3n) is 3.55. The molecular formula is C20H35N5O2. The molecule has 7 heteroatoms. The molecule has 1 heterocycles. The van der Waals surface area contributed by atoms with E-state index in [2.05, 4.69) is 34.5 Å². The van der Waals surface area contributed by atoms with Crippen molar-refractivity contribution in [3.8, 4) is 0 Å². The number of aliphatic imine (C=N–C) groups is 1. The first-order valence-electron chi connectivity index (χ1n) is 9.52. The molecule has 0 saturated heterocycles. The van der Waals surface area contributed by atoms with Crippen LogP contribution < -0.4 is 10.6 Å². The zero-order chi connectivity index (χ0) is 20.3. The van der Waals surface area contributed by atoms with Gasteiger partial charge in [-0.1, -0.05) is 19.9 Å². The van der Waals surface area contributed by atoms with Crippen molar-refractivity contribution in [2.45, 2.75) is 53.2 Å². The Morgan fingerprint density at radius 2 is 2.07 bits per heavy atom. The van der Waals surface area contributed by atoms with Gasteiger partial charge in [0, 0.05) is 39.1 Å². The van der Waals surface area contributed by atoms with Gasteiger partial charge in [-0.2, -0.15) is 0 Å². The molecule has 0 aliphatic rings. The minimum atomic E-state index is -0.522. The van der Waals surface area contributed by atoms with Gasteiger partial charge in [0.25, 0.3) is 0 Å². The number of carbonyl (C=O) groups excluding carboxylic acids is 1. The fraction of sp³-hybridized carbons (Fsp3) is 0.650. The van der Waals surface area contributed by atoms with Crippen LogP contribution in [0.25, 0.3) is 0 Å². The highest BCUT2D eigenvalue weighted by atomic mass is 16.6. The van der Waals surface area contributed by atoms with E-state index < -0.39 is 5.60 Å². The molecule has 2 N–H and O–H groups in total. The van der Waals surface area contributed by atoms with Crippen LogP contribution in [0.2, 0.25) is 0 Å². The van der Waals surface area contributed by atoms with Gasteiger partial charge in [-0.3, -0.25) is 9.98 Å². The van der Waals surface area contributed by atoms with Gasteiger partial charge in [0.05, 0.1) is 6.54 Å². The van der Waals surface area contributed by atoms with E-state index in [9.17, 15) is 4.79 Å². The number of nitrogens with one attached hydrogen (secondary N) is 2. The maximum absolute atomic E-state index is 12.6. The van der Waals surface area contributed by atoms with Crippen LogP contribution in [0.4, 0.5) is 4.79 Å². The molecule has 0 aliphatic heterocycles. The van der Waals surface area contributed by atoms with E-state index in [1.807, 2.05) is 32.9 Å². The molecule has 0 bridgehead atoms. The Hall–Kier alpha value is -2.31. The number of ether oxygens (including phenoxy) is 1. The summed E-state index contributed by atoms with van der Waals surface area (Å²) in [5, 5.41) is 6.55. The zero-order valence-corrected chi connectivity index (χ0v) is 17.6. The van der Waals surface area contributed by atoms with Crippen LogP contribution in [0.1, 0.15) is 46.6 Å². The van der Waals surface area contributed by atoms with Crippen molar-refractivity contribution in [2.75, 3.05) is 26.7 Å². The molecule has 0 fully saturated rings. The number of amides is 1. The lowest BCUT2D eigenvalue weighted by Crippen LogP contribution is -2.41. The van der Waals surface area contributed by atoms with E-state index in [1.54, 1.807) is 24.3 Å². The summed E-state index contributed by atoms with van der Waals surface area (Å²) in [7, 11) is 1.76. The van der Waals surface area contributed by atoms with E-state index in [1.165, 1.54) is 0 Å². The first-order valence-corrected chi connectivity index (χ1v) is 9.52. The molecule has 0 saturated carbocycles. The van der Waals surface area contributed by atoms with Gasteiger partial charge in [0.1, 0.15) is 5.60 Å². The van der Waals surface area contributed by atoms with Crippen molar-refractivity contribution < 1.29 is 9.53 Å². The number of carbonyl (C=O) groups is 1. The fourth-order valence-electron chi connectivity index (χ4n) is 2.27. The molecule has 7 nitrogen and oxygen atoms in total. The minimum absolute atomic E-state index is 0.311. The number of nitrogens with zero attached hydrogens (tertiary/aromatic N) is 3. The summed E-state index contributed by atoms with van der Waals surface area (Å²) < 4.78 is 5.55.